The average Bonchev–Trinajstić information content (AvgIpc) is 2.47. The number of carbonyl (C=O) groups is 2. The topological polar surface area (TPSA) is 87.7 Å². The molecule has 1 aromatic rings. The lowest BCUT2D eigenvalue weighted by atomic mass is 10.1. The molecule has 0 aromatic heterocycles. The van der Waals surface area contributed by atoms with Gasteiger partial charge in [0.1, 0.15) is 11.8 Å². The Balaban J connectivity index is 2.37. The summed E-state index contributed by atoms with van der Waals surface area (Å²) < 4.78 is 5.12. The quantitative estimate of drug-likeness (QED) is 0.682. The molecule has 0 saturated carbocycles. The molecule has 0 fully saturated rings. The first-order valence-electron chi connectivity index (χ1n) is 6.97. The van der Waals surface area contributed by atoms with E-state index in [4.69, 9.17) is 9.84 Å². The maximum absolute atomic E-state index is 11.6. The first-order chi connectivity index (χ1) is 10.1. The molecular weight excluding hydrogens is 272 g/mol. The van der Waals surface area contributed by atoms with E-state index < -0.39 is 18.0 Å². The Morgan fingerprint density at radius 2 is 2.14 bits per heavy atom. The van der Waals surface area contributed by atoms with E-state index >= 15 is 0 Å². The zero-order chi connectivity index (χ0) is 15.7. The van der Waals surface area contributed by atoms with Crippen molar-refractivity contribution in [2.75, 3.05) is 13.7 Å². The van der Waals surface area contributed by atoms with Crippen molar-refractivity contribution < 1.29 is 19.4 Å². The Bertz CT molecular complexity index is 476. The monoisotopic (exact) mass is 294 g/mol. The molecular formula is C15H22N2O4. The number of nitrogens with one attached hydrogen (secondary N) is 2. The predicted octanol–water partition coefficient (Wildman–Crippen LogP) is 1.79. The Kier molecular flexibility index (Phi) is 7.08. The summed E-state index contributed by atoms with van der Waals surface area (Å²) in [6.07, 6.45) is 1.76. The van der Waals surface area contributed by atoms with E-state index in [1.54, 1.807) is 7.11 Å². The van der Waals surface area contributed by atoms with Gasteiger partial charge in [0.15, 0.2) is 0 Å². The van der Waals surface area contributed by atoms with E-state index in [1.807, 2.05) is 31.2 Å². The smallest absolute Gasteiger partial charge is 0.326 e. The molecule has 6 nitrogen and oxygen atoms in total. The molecule has 0 bridgehead atoms. The van der Waals surface area contributed by atoms with Crippen molar-refractivity contribution in [3.8, 4) is 5.75 Å². The van der Waals surface area contributed by atoms with Gasteiger partial charge in [-0.3, -0.25) is 0 Å². The predicted molar refractivity (Wildman–Crippen MR) is 79.6 cm³/mol. The number of hydrogen-bond donors (Lipinski definition) is 3. The minimum atomic E-state index is -1.01. The van der Waals surface area contributed by atoms with E-state index in [-0.39, 0.29) is 0 Å². The zero-order valence-corrected chi connectivity index (χ0v) is 12.4. The summed E-state index contributed by atoms with van der Waals surface area (Å²) >= 11 is 0. The van der Waals surface area contributed by atoms with Gasteiger partial charge in [0.25, 0.3) is 0 Å². The molecule has 1 aromatic carbocycles. The van der Waals surface area contributed by atoms with Gasteiger partial charge in [-0.1, -0.05) is 25.5 Å². The minimum absolute atomic E-state index is 0.415. The SMILES string of the molecule is CCC[C@@H](NC(=O)NCCc1cccc(OC)c1)C(=O)O. The third-order valence-electron chi connectivity index (χ3n) is 3.01. The Morgan fingerprint density at radius 3 is 2.76 bits per heavy atom. The molecule has 3 N–H and O–H groups in total. The van der Waals surface area contributed by atoms with E-state index in [0.717, 1.165) is 11.3 Å². The lowest BCUT2D eigenvalue weighted by molar-refractivity contribution is -0.139. The zero-order valence-electron chi connectivity index (χ0n) is 12.4. The molecule has 116 valence electrons. The molecule has 1 atom stereocenters. The van der Waals surface area contributed by atoms with Gasteiger partial charge >= 0.3 is 12.0 Å². The first kappa shape index (κ1) is 16.8. The van der Waals surface area contributed by atoms with Crippen LogP contribution in [0.5, 0.6) is 5.75 Å². The second-order valence-corrected chi connectivity index (χ2v) is 4.68. The van der Waals surface area contributed by atoms with E-state index in [2.05, 4.69) is 10.6 Å². The number of methoxy groups -OCH3 is 1. The normalized spacial score (nSPS) is 11.5. The number of rotatable bonds is 8. The van der Waals surface area contributed by atoms with Gasteiger partial charge in [-0.05, 0) is 30.5 Å². The fourth-order valence-corrected chi connectivity index (χ4v) is 1.90. The van der Waals surface area contributed by atoms with Crippen LogP contribution < -0.4 is 15.4 Å². The van der Waals surface area contributed by atoms with Gasteiger partial charge in [-0.2, -0.15) is 0 Å². The molecule has 0 aliphatic carbocycles. The molecule has 0 unspecified atom stereocenters. The highest BCUT2D eigenvalue weighted by Gasteiger charge is 2.18. The fourth-order valence-electron chi connectivity index (χ4n) is 1.90. The number of amides is 2. The third-order valence-corrected chi connectivity index (χ3v) is 3.01. The van der Waals surface area contributed by atoms with Crippen LogP contribution in [0.1, 0.15) is 25.3 Å². The fraction of sp³-hybridized carbons (Fsp3) is 0.467. The van der Waals surface area contributed by atoms with Crippen LogP contribution in [0.3, 0.4) is 0 Å². The van der Waals surface area contributed by atoms with Crippen molar-refractivity contribution >= 4 is 12.0 Å². The number of carboxylic acids is 1. The van der Waals surface area contributed by atoms with Crippen LogP contribution in [0.2, 0.25) is 0 Å². The summed E-state index contributed by atoms with van der Waals surface area (Å²) in [5.41, 5.74) is 1.04. The molecule has 21 heavy (non-hydrogen) atoms. The largest absolute Gasteiger partial charge is 0.497 e. The average molecular weight is 294 g/mol. The van der Waals surface area contributed by atoms with E-state index in [9.17, 15) is 9.59 Å². The van der Waals surface area contributed by atoms with Crippen molar-refractivity contribution in [1.82, 2.24) is 10.6 Å². The van der Waals surface area contributed by atoms with Crippen molar-refractivity contribution in [2.24, 2.45) is 0 Å². The second-order valence-electron chi connectivity index (χ2n) is 4.68. The highest BCUT2D eigenvalue weighted by atomic mass is 16.5. The molecule has 2 amide bonds. The summed E-state index contributed by atoms with van der Waals surface area (Å²) in [6.45, 7) is 2.30. The molecule has 0 aliphatic rings. The first-order valence-corrected chi connectivity index (χ1v) is 6.97. The van der Waals surface area contributed by atoms with Crippen molar-refractivity contribution in [2.45, 2.75) is 32.2 Å². The standard InChI is InChI=1S/C15H22N2O4/c1-3-5-13(14(18)19)17-15(20)16-9-8-11-6-4-7-12(10-11)21-2/h4,6-7,10,13H,3,5,8-9H2,1-2H3,(H,18,19)(H2,16,17,20)/t13-/m1/s1. The van der Waals surface area contributed by atoms with Crippen molar-refractivity contribution in [3.63, 3.8) is 0 Å². The highest BCUT2D eigenvalue weighted by molar-refractivity contribution is 5.82. The summed E-state index contributed by atoms with van der Waals surface area (Å²) in [6, 6.07) is 6.28. The van der Waals surface area contributed by atoms with Gasteiger partial charge in [0, 0.05) is 6.54 Å². The lowest BCUT2D eigenvalue weighted by Crippen LogP contribution is -2.46. The number of aliphatic carboxylic acids is 1. The molecule has 0 spiro atoms. The van der Waals surface area contributed by atoms with Gasteiger partial charge < -0.3 is 20.5 Å². The third kappa shape index (κ3) is 6.16. The number of benzene rings is 1. The highest BCUT2D eigenvalue weighted by Crippen LogP contribution is 2.12. The van der Waals surface area contributed by atoms with Crippen LogP contribution in [0.4, 0.5) is 4.79 Å². The lowest BCUT2D eigenvalue weighted by Gasteiger charge is -2.14. The summed E-state index contributed by atoms with van der Waals surface area (Å²) in [4.78, 5) is 22.6. The number of carbonyl (C=O) groups excluding carboxylic acids is 1. The second kappa shape index (κ2) is 8.84. The molecule has 0 radical (unpaired) electrons. The summed E-state index contributed by atoms with van der Waals surface area (Å²) in [5.74, 6) is -0.245. The number of carboxylic acid groups (broad SMARTS) is 1. The number of ether oxygens (including phenoxy) is 1. The van der Waals surface area contributed by atoms with Gasteiger partial charge in [0.05, 0.1) is 7.11 Å². The van der Waals surface area contributed by atoms with Crippen molar-refractivity contribution in [3.05, 3.63) is 29.8 Å². The maximum Gasteiger partial charge on any atom is 0.326 e. The molecule has 0 saturated heterocycles. The van der Waals surface area contributed by atoms with E-state index in [1.165, 1.54) is 0 Å². The van der Waals surface area contributed by atoms with Crippen LogP contribution in [0.15, 0.2) is 24.3 Å². The van der Waals surface area contributed by atoms with Crippen LogP contribution in [0, 0.1) is 0 Å². The van der Waals surface area contributed by atoms with Crippen LogP contribution in [0.25, 0.3) is 0 Å². The van der Waals surface area contributed by atoms with Gasteiger partial charge in [-0.25, -0.2) is 9.59 Å². The molecule has 6 heteroatoms. The van der Waals surface area contributed by atoms with Gasteiger partial charge in [0.2, 0.25) is 0 Å². The number of urea groups is 1. The van der Waals surface area contributed by atoms with Crippen LogP contribution >= 0.6 is 0 Å². The molecule has 0 aliphatic heterocycles. The Hall–Kier alpha value is -2.24. The van der Waals surface area contributed by atoms with Crippen LogP contribution in [-0.4, -0.2) is 36.8 Å². The Morgan fingerprint density at radius 1 is 1.38 bits per heavy atom. The minimum Gasteiger partial charge on any atom is -0.497 e. The molecule has 0 heterocycles. The van der Waals surface area contributed by atoms with Crippen molar-refractivity contribution in [1.29, 1.82) is 0 Å². The number of hydrogen-bond acceptors (Lipinski definition) is 3. The summed E-state index contributed by atoms with van der Waals surface area (Å²) in [7, 11) is 1.60. The van der Waals surface area contributed by atoms with Crippen LogP contribution in [-0.2, 0) is 11.2 Å². The van der Waals surface area contributed by atoms with Gasteiger partial charge in [-0.15, -0.1) is 0 Å². The summed E-state index contributed by atoms with van der Waals surface area (Å²) in [5, 5.41) is 14.1. The molecule has 1 rings (SSSR count). The maximum atomic E-state index is 11.6. The van der Waals surface area contributed by atoms with E-state index in [0.29, 0.717) is 25.8 Å². The Labute approximate surface area is 124 Å².